The van der Waals surface area contributed by atoms with Crippen molar-refractivity contribution in [2.45, 2.75) is 31.7 Å². The van der Waals surface area contributed by atoms with Crippen LogP contribution in [0.15, 0.2) is 121 Å². The van der Waals surface area contributed by atoms with Crippen LogP contribution in [0, 0.1) is 11.5 Å². The fraction of sp³-hybridized carbons (Fsp3) is 0.156. The van der Waals surface area contributed by atoms with Crippen LogP contribution in [0.25, 0.3) is 0 Å². The Labute approximate surface area is 213 Å². The number of carbonyl (C=O) groups is 1. The maximum absolute atomic E-state index is 13.4. The van der Waals surface area contributed by atoms with Gasteiger partial charge < -0.3 is 9.47 Å². The normalized spacial score (nSPS) is 18.7. The first-order valence-corrected chi connectivity index (χ1v) is 14.1. The van der Waals surface area contributed by atoms with Crippen molar-refractivity contribution >= 4 is 29.6 Å². The summed E-state index contributed by atoms with van der Waals surface area (Å²) in [5, 5.41) is 3.45. The van der Waals surface area contributed by atoms with Crippen molar-refractivity contribution < 1.29 is 14.3 Å². The molecule has 1 heterocycles. The molecule has 0 aliphatic carbocycles. The second kappa shape index (κ2) is 9.62. The van der Waals surface area contributed by atoms with Gasteiger partial charge in [-0.3, -0.25) is 0 Å². The van der Waals surface area contributed by atoms with Crippen molar-refractivity contribution in [3.63, 3.8) is 0 Å². The molecule has 0 unspecified atom stereocenters. The smallest absolute Gasteiger partial charge is 0.354 e. The minimum absolute atomic E-state index is 0.311. The van der Waals surface area contributed by atoms with Crippen LogP contribution >= 0.6 is 0 Å². The molecule has 4 aromatic rings. The molecule has 0 amide bonds. The van der Waals surface area contributed by atoms with E-state index in [2.05, 4.69) is 47.9 Å². The van der Waals surface area contributed by atoms with Gasteiger partial charge in [-0.15, -0.1) is 5.54 Å². The monoisotopic (exact) mass is 488 g/mol. The number of benzene rings is 4. The van der Waals surface area contributed by atoms with E-state index in [0.29, 0.717) is 6.42 Å². The number of ether oxygens (including phenoxy) is 2. The lowest BCUT2D eigenvalue weighted by Gasteiger charge is -2.29. The second-order valence-corrected chi connectivity index (χ2v) is 13.0. The van der Waals surface area contributed by atoms with Crippen LogP contribution < -0.4 is 15.6 Å². The van der Waals surface area contributed by atoms with E-state index in [-0.39, 0.29) is 0 Å². The van der Waals surface area contributed by atoms with E-state index in [1.807, 2.05) is 84.9 Å². The summed E-state index contributed by atoms with van der Waals surface area (Å²) in [7, 11) is -2.88. The fourth-order valence-electron chi connectivity index (χ4n) is 4.88. The van der Waals surface area contributed by atoms with Gasteiger partial charge in [0.15, 0.2) is 0 Å². The third-order valence-corrected chi connectivity index (χ3v) is 10.6. The lowest BCUT2D eigenvalue weighted by molar-refractivity contribution is -0.162. The van der Waals surface area contributed by atoms with Crippen molar-refractivity contribution in [2.75, 3.05) is 0 Å². The first kappa shape index (κ1) is 23.8. The van der Waals surface area contributed by atoms with E-state index in [9.17, 15) is 4.79 Å². The molecule has 1 saturated heterocycles. The molecule has 0 spiro atoms. The Hall–Kier alpha value is -3.91. The Bertz CT molecular complexity index is 1290. The lowest BCUT2D eigenvalue weighted by Crippen LogP contribution is -2.66. The predicted octanol–water partition coefficient (Wildman–Crippen LogP) is 3.99. The molecule has 0 radical (unpaired) electrons. The van der Waals surface area contributed by atoms with Gasteiger partial charge in [0.25, 0.3) is 0 Å². The van der Waals surface area contributed by atoms with Gasteiger partial charge in [-0.05, 0) is 21.1 Å². The zero-order valence-electron chi connectivity index (χ0n) is 20.5. The van der Waals surface area contributed by atoms with Crippen LogP contribution in [0.1, 0.15) is 19.4 Å². The van der Waals surface area contributed by atoms with E-state index in [4.69, 9.17) is 9.47 Å². The molecule has 1 fully saturated rings. The summed E-state index contributed by atoms with van der Waals surface area (Å²) < 4.78 is 12.0. The third-order valence-electron chi connectivity index (χ3n) is 6.46. The van der Waals surface area contributed by atoms with Crippen LogP contribution in [0.4, 0.5) is 0 Å². The van der Waals surface area contributed by atoms with E-state index in [1.165, 1.54) is 0 Å². The van der Waals surface area contributed by atoms with Crippen LogP contribution in [-0.4, -0.2) is 25.4 Å². The highest BCUT2D eigenvalue weighted by Crippen LogP contribution is 2.34. The molecule has 1 aliphatic heterocycles. The highest BCUT2D eigenvalue weighted by atomic mass is 28.3. The summed E-state index contributed by atoms with van der Waals surface area (Å²) in [5.41, 5.74) is 3.28. The molecule has 178 valence electrons. The second-order valence-electron chi connectivity index (χ2n) is 9.48. The number of carbonyl (C=O) groups excluding carboxylic acids is 1. The van der Waals surface area contributed by atoms with Gasteiger partial charge in [0.05, 0.1) is 0 Å². The van der Waals surface area contributed by atoms with Crippen molar-refractivity contribution in [2.24, 2.45) is 0 Å². The highest BCUT2D eigenvalue weighted by Gasteiger charge is 2.54. The van der Waals surface area contributed by atoms with Crippen LogP contribution in [0.5, 0.6) is 0 Å². The Balaban J connectivity index is 1.77. The van der Waals surface area contributed by atoms with Crippen LogP contribution in [0.2, 0.25) is 0 Å². The van der Waals surface area contributed by atoms with E-state index in [0.717, 1.165) is 21.1 Å². The molecular weight excluding hydrogens is 460 g/mol. The zero-order valence-corrected chi connectivity index (χ0v) is 21.5. The number of esters is 1. The molecule has 1 atom stereocenters. The summed E-state index contributed by atoms with van der Waals surface area (Å²) in [5.74, 6) is 1.90. The summed E-state index contributed by atoms with van der Waals surface area (Å²) in [6.07, 6.45) is 0.311. The SMILES string of the molecule is CC1(C)OC(=O)[C@](C#C[Si](c2ccccc2)(c2ccccc2)c2ccccc2)(Cc2ccccc2)O1. The van der Waals surface area contributed by atoms with Crippen molar-refractivity contribution in [1.82, 2.24) is 0 Å². The Morgan fingerprint density at radius 3 is 1.47 bits per heavy atom. The fourth-order valence-corrected chi connectivity index (χ4v) is 8.78. The molecule has 4 heteroatoms. The molecule has 36 heavy (non-hydrogen) atoms. The number of hydrogen-bond donors (Lipinski definition) is 0. The van der Waals surface area contributed by atoms with Gasteiger partial charge >= 0.3 is 5.97 Å². The largest absolute Gasteiger partial charge is 0.431 e. The minimum atomic E-state index is -2.88. The van der Waals surface area contributed by atoms with Crippen molar-refractivity contribution in [3.05, 3.63) is 127 Å². The Morgan fingerprint density at radius 2 is 1.08 bits per heavy atom. The van der Waals surface area contributed by atoms with Gasteiger partial charge in [0.2, 0.25) is 19.5 Å². The summed E-state index contributed by atoms with van der Waals surface area (Å²) in [6.45, 7) is 3.52. The average molecular weight is 489 g/mol. The average Bonchev–Trinajstić information content (AvgIpc) is 3.14. The molecular formula is C32H28O3Si. The molecule has 4 aromatic carbocycles. The molecule has 1 aliphatic rings. The maximum atomic E-state index is 13.4. The standard InChI is InChI=1S/C32H28O3Si/c1-31(2)34-30(33)32(35-31,25-26-15-7-3-8-16-26)23-24-36(27-17-9-4-10-18-27,28-19-11-5-12-20-28)29-21-13-6-14-22-29/h3-22H,25H2,1-2H3/t32-/m0/s1. The summed E-state index contributed by atoms with van der Waals surface area (Å²) >= 11 is 0. The van der Waals surface area contributed by atoms with E-state index >= 15 is 0 Å². The molecule has 0 saturated carbocycles. The highest BCUT2D eigenvalue weighted by molar-refractivity contribution is 7.16. The Morgan fingerprint density at radius 1 is 0.667 bits per heavy atom. The lowest BCUT2D eigenvalue weighted by atomic mass is 9.95. The quantitative estimate of drug-likeness (QED) is 0.184. The minimum Gasteiger partial charge on any atom is -0.431 e. The topological polar surface area (TPSA) is 35.5 Å². The molecule has 5 rings (SSSR count). The maximum Gasteiger partial charge on any atom is 0.354 e. The first-order chi connectivity index (χ1) is 17.4. The van der Waals surface area contributed by atoms with Gasteiger partial charge in [-0.2, -0.15) is 0 Å². The number of cyclic esters (lactones) is 1. The Kier molecular flexibility index (Phi) is 6.36. The molecule has 3 nitrogen and oxygen atoms in total. The van der Waals surface area contributed by atoms with Crippen LogP contribution in [-0.2, 0) is 20.7 Å². The van der Waals surface area contributed by atoms with E-state index < -0.39 is 25.4 Å². The predicted molar refractivity (Wildman–Crippen MR) is 146 cm³/mol. The third kappa shape index (κ3) is 4.51. The molecule has 0 aromatic heterocycles. The zero-order chi connectivity index (χ0) is 25.1. The molecule has 0 bridgehead atoms. The summed E-state index contributed by atoms with van der Waals surface area (Å²) in [6, 6.07) is 41.0. The number of rotatable bonds is 5. The molecule has 0 N–H and O–H groups in total. The van der Waals surface area contributed by atoms with Crippen molar-refractivity contribution in [3.8, 4) is 11.5 Å². The first-order valence-electron chi connectivity index (χ1n) is 12.1. The summed E-state index contributed by atoms with van der Waals surface area (Å²) in [4.78, 5) is 13.4. The van der Waals surface area contributed by atoms with Gasteiger partial charge in [-0.25, -0.2) is 4.79 Å². The van der Waals surface area contributed by atoms with E-state index in [1.54, 1.807) is 13.8 Å². The van der Waals surface area contributed by atoms with Crippen molar-refractivity contribution in [1.29, 1.82) is 0 Å². The van der Waals surface area contributed by atoms with Gasteiger partial charge in [0, 0.05) is 20.3 Å². The van der Waals surface area contributed by atoms with Crippen LogP contribution in [0.3, 0.4) is 0 Å². The van der Waals surface area contributed by atoms with Gasteiger partial charge in [-0.1, -0.05) is 127 Å². The van der Waals surface area contributed by atoms with Gasteiger partial charge in [0.1, 0.15) is 0 Å². The number of hydrogen-bond acceptors (Lipinski definition) is 3.